The highest BCUT2D eigenvalue weighted by molar-refractivity contribution is 5.32. The van der Waals surface area contributed by atoms with Gasteiger partial charge in [0.15, 0.2) is 0 Å². The van der Waals surface area contributed by atoms with Crippen LogP contribution in [0.2, 0.25) is 0 Å². The van der Waals surface area contributed by atoms with Crippen LogP contribution in [-0.2, 0) is 13.0 Å². The Labute approximate surface area is 86.5 Å². The van der Waals surface area contributed by atoms with Crippen LogP contribution in [0.1, 0.15) is 28.9 Å². The molecule has 0 saturated carbocycles. The van der Waals surface area contributed by atoms with Gasteiger partial charge in [0.2, 0.25) is 0 Å². The molecule has 0 atom stereocenters. The fourth-order valence-corrected chi connectivity index (χ4v) is 1.36. The van der Waals surface area contributed by atoms with Gasteiger partial charge in [-0.05, 0) is 18.1 Å². The van der Waals surface area contributed by atoms with Crippen molar-refractivity contribution in [3.05, 3.63) is 28.6 Å². The number of hydrogen-bond acceptors (Lipinski definition) is 3. The lowest BCUT2D eigenvalue weighted by molar-refractivity contribution is 0.145. The average molecular weight is 211 g/mol. The number of aromatic nitrogens is 1. The summed E-state index contributed by atoms with van der Waals surface area (Å²) in [5, 5.41) is 8.54. The van der Waals surface area contributed by atoms with Crippen molar-refractivity contribution < 1.29 is 8.78 Å². The largest absolute Gasteiger partial charge is 0.325 e. The van der Waals surface area contributed by atoms with Gasteiger partial charge in [-0.3, -0.25) is 0 Å². The summed E-state index contributed by atoms with van der Waals surface area (Å²) in [5.74, 6) is 0. The van der Waals surface area contributed by atoms with Crippen molar-refractivity contribution >= 4 is 0 Å². The summed E-state index contributed by atoms with van der Waals surface area (Å²) in [4.78, 5) is 3.78. The van der Waals surface area contributed by atoms with E-state index < -0.39 is 6.43 Å². The van der Waals surface area contributed by atoms with Crippen LogP contribution in [0.4, 0.5) is 8.78 Å². The number of hydrogen-bond donors (Lipinski definition) is 1. The Kier molecular flexibility index (Phi) is 3.69. The van der Waals surface area contributed by atoms with E-state index in [1.807, 2.05) is 6.07 Å². The van der Waals surface area contributed by atoms with Crippen LogP contribution in [0.15, 0.2) is 6.07 Å². The molecule has 1 aromatic heterocycles. The van der Waals surface area contributed by atoms with E-state index in [-0.39, 0.29) is 18.7 Å². The van der Waals surface area contributed by atoms with Crippen molar-refractivity contribution in [3.63, 3.8) is 0 Å². The van der Waals surface area contributed by atoms with Gasteiger partial charge < -0.3 is 5.73 Å². The Balaban J connectivity index is 3.24. The number of aryl methyl sites for hydroxylation is 1. The molecule has 80 valence electrons. The molecular formula is C10H11F2N3. The second-order valence-corrected chi connectivity index (χ2v) is 3.14. The lowest BCUT2D eigenvalue weighted by Crippen LogP contribution is -2.08. The zero-order valence-corrected chi connectivity index (χ0v) is 8.30. The van der Waals surface area contributed by atoms with Gasteiger partial charge in [0.1, 0.15) is 5.69 Å². The number of nitrogens with zero attached hydrogens (tertiary/aromatic N) is 2. The fraction of sp³-hybridized carbons (Fsp3) is 0.400. The van der Waals surface area contributed by atoms with Crippen LogP contribution >= 0.6 is 0 Å². The van der Waals surface area contributed by atoms with Gasteiger partial charge in [-0.1, -0.05) is 6.07 Å². The van der Waals surface area contributed by atoms with Crippen molar-refractivity contribution in [3.8, 4) is 6.07 Å². The normalized spacial score (nSPS) is 10.4. The molecule has 0 aromatic carbocycles. The summed E-state index contributed by atoms with van der Waals surface area (Å²) in [5.41, 5.74) is 6.53. The molecule has 1 heterocycles. The standard InChI is InChI=1S/C10H11F2N3/c1-6-4-7(2-3-13)8(5-14)15-9(6)10(11)12/h4,10H,2,5,14H2,1H3. The van der Waals surface area contributed by atoms with Crippen LogP contribution in [0, 0.1) is 18.3 Å². The summed E-state index contributed by atoms with van der Waals surface area (Å²) in [6.07, 6.45) is -2.46. The first kappa shape index (κ1) is 11.5. The summed E-state index contributed by atoms with van der Waals surface area (Å²) >= 11 is 0. The van der Waals surface area contributed by atoms with Crippen LogP contribution in [0.3, 0.4) is 0 Å². The SMILES string of the molecule is Cc1cc(CC#N)c(CN)nc1C(F)F. The lowest BCUT2D eigenvalue weighted by Gasteiger charge is -2.09. The molecule has 0 aliphatic heterocycles. The van der Waals surface area contributed by atoms with E-state index in [4.69, 9.17) is 11.0 Å². The second-order valence-electron chi connectivity index (χ2n) is 3.14. The third kappa shape index (κ3) is 2.48. The van der Waals surface area contributed by atoms with E-state index in [9.17, 15) is 8.78 Å². The Morgan fingerprint density at radius 1 is 1.60 bits per heavy atom. The predicted octanol–water partition coefficient (Wildman–Crippen LogP) is 1.85. The number of rotatable bonds is 3. The summed E-state index contributed by atoms with van der Waals surface area (Å²) < 4.78 is 25.0. The van der Waals surface area contributed by atoms with E-state index in [0.29, 0.717) is 16.8 Å². The van der Waals surface area contributed by atoms with Crippen molar-refractivity contribution in [2.45, 2.75) is 26.3 Å². The zero-order chi connectivity index (χ0) is 11.4. The summed E-state index contributed by atoms with van der Waals surface area (Å²) in [6, 6.07) is 3.51. The van der Waals surface area contributed by atoms with Crippen molar-refractivity contribution in [1.29, 1.82) is 5.26 Å². The third-order valence-electron chi connectivity index (χ3n) is 2.09. The van der Waals surface area contributed by atoms with Gasteiger partial charge >= 0.3 is 0 Å². The predicted molar refractivity (Wildman–Crippen MR) is 51.1 cm³/mol. The third-order valence-corrected chi connectivity index (χ3v) is 2.09. The number of nitrogens with two attached hydrogens (primary N) is 1. The van der Waals surface area contributed by atoms with Crippen molar-refractivity contribution in [1.82, 2.24) is 4.98 Å². The Hall–Kier alpha value is -1.54. The molecule has 2 N–H and O–H groups in total. The highest BCUT2D eigenvalue weighted by Gasteiger charge is 2.15. The lowest BCUT2D eigenvalue weighted by atomic mass is 10.1. The smallest absolute Gasteiger partial charge is 0.280 e. The molecule has 0 bridgehead atoms. The van der Waals surface area contributed by atoms with E-state index in [2.05, 4.69) is 4.98 Å². The Bertz CT molecular complexity index is 396. The van der Waals surface area contributed by atoms with Gasteiger partial charge in [-0.15, -0.1) is 0 Å². The van der Waals surface area contributed by atoms with Crippen LogP contribution in [-0.4, -0.2) is 4.98 Å². The molecule has 0 aliphatic carbocycles. The molecule has 0 aliphatic rings. The highest BCUT2D eigenvalue weighted by Crippen LogP contribution is 2.22. The molecule has 0 radical (unpaired) electrons. The molecule has 0 amide bonds. The number of nitriles is 1. The first-order valence-corrected chi connectivity index (χ1v) is 4.44. The minimum atomic E-state index is -2.61. The minimum absolute atomic E-state index is 0.0665. The van der Waals surface area contributed by atoms with E-state index in [1.165, 1.54) is 0 Å². The number of pyridine rings is 1. The maximum absolute atomic E-state index is 12.5. The quantitative estimate of drug-likeness (QED) is 0.829. The Morgan fingerprint density at radius 3 is 2.73 bits per heavy atom. The second kappa shape index (κ2) is 4.80. The van der Waals surface area contributed by atoms with E-state index in [0.717, 1.165) is 0 Å². The molecule has 15 heavy (non-hydrogen) atoms. The number of alkyl halides is 2. The topological polar surface area (TPSA) is 62.7 Å². The summed E-state index contributed by atoms with van der Waals surface area (Å²) in [6.45, 7) is 1.62. The van der Waals surface area contributed by atoms with Gasteiger partial charge in [-0.25, -0.2) is 13.8 Å². The first-order chi connectivity index (χ1) is 7.10. The van der Waals surface area contributed by atoms with Gasteiger partial charge in [0.25, 0.3) is 6.43 Å². The molecule has 1 rings (SSSR count). The maximum atomic E-state index is 12.5. The van der Waals surface area contributed by atoms with E-state index in [1.54, 1.807) is 13.0 Å². The van der Waals surface area contributed by atoms with Crippen molar-refractivity contribution in [2.24, 2.45) is 5.73 Å². The fourth-order valence-electron chi connectivity index (χ4n) is 1.36. The zero-order valence-electron chi connectivity index (χ0n) is 8.30. The highest BCUT2D eigenvalue weighted by atomic mass is 19.3. The number of halogens is 2. The molecular weight excluding hydrogens is 200 g/mol. The molecule has 0 spiro atoms. The molecule has 5 heteroatoms. The maximum Gasteiger partial charge on any atom is 0.280 e. The molecule has 1 aromatic rings. The van der Waals surface area contributed by atoms with Crippen molar-refractivity contribution in [2.75, 3.05) is 0 Å². The molecule has 3 nitrogen and oxygen atoms in total. The monoisotopic (exact) mass is 211 g/mol. The molecule has 0 saturated heterocycles. The van der Waals surface area contributed by atoms with Crippen LogP contribution in [0.25, 0.3) is 0 Å². The molecule has 0 fully saturated rings. The van der Waals surface area contributed by atoms with Gasteiger partial charge in [0.05, 0.1) is 18.2 Å². The van der Waals surface area contributed by atoms with Gasteiger partial charge in [-0.2, -0.15) is 5.26 Å². The molecule has 0 unspecified atom stereocenters. The average Bonchev–Trinajstić information content (AvgIpc) is 2.18. The van der Waals surface area contributed by atoms with Gasteiger partial charge in [0, 0.05) is 6.54 Å². The summed E-state index contributed by atoms with van der Waals surface area (Å²) in [7, 11) is 0. The first-order valence-electron chi connectivity index (χ1n) is 4.44. The minimum Gasteiger partial charge on any atom is -0.325 e. The Morgan fingerprint density at radius 2 is 2.27 bits per heavy atom. The van der Waals surface area contributed by atoms with E-state index >= 15 is 0 Å². The van der Waals surface area contributed by atoms with Crippen LogP contribution < -0.4 is 5.73 Å². The van der Waals surface area contributed by atoms with Crippen LogP contribution in [0.5, 0.6) is 0 Å².